The molecule has 84 valence electrons. The van der Waals surface area contributed by atoms with E-state index in [9.17, 15) is 0 Å². The normalized spacial score (nSPS) is 27.9. The van der Waals surface area contributed by atoms with Crippen LogP contribution in [0.3, 0.4) is 0 Å². The summed E-state index contributed by atoms with van der Waals surface area (Å²) in [6.07, 6.45) is 7.93. The van der Waals surface area contributed by atoms with Crippen LogP contribution in [0.4, 0.5) is 0 Å². The molecule has 0 aromatic heterocycles. The molecule has 1 rings (SSSR count). The van der Waals surface area contributed by atoms with Gasteiger partial charge in [0.05, 0.1) is 0 Å². The molecule has 0 bridgehead atoms. The lowest BCUT2D eigenvalue weighted by molar-refractivity contribution is 0.392. The number of thioether (sulfide) groups is 2. The van der Waals surface area contributed by atoms with E-state index in [-0.39, 0.29) is 0 Å². The van der Waals surface area contributed by atoms with Crippen LogP contribution in [0.1, 0.15) is 32.6 Å². The number of nitrogens with one attached hydrogen (secondary N) is 1. The Balaban J connectivity index is 2.13. The van der Waals surface area contributed by atoms with Gasteiger partial charge in [0.25, 0.3) is 0 Å². The van der Waals surface area contributed by atoms with Crippen molar-refractivity contribution in [1.29, 1.82) is 0 Å². The summed E-state index contributed by atoms with van der Waals surface area (Å²) in [5.74, 6) is 2.52. The second kappa shape index (κ2) is 7.89. The third-order valence-corrected chi connectivity index (χ3v) is 4.93. The fourth-order valence-corrected chi connectivity index (χ4v) is 3.59. The molecule has 0 saturated heterocycles. The van der Waals surface area contributed by atoms with E-state index in [1.54, 1.807) is 0 Å². The lowest BCUT2D eigenvalue weighted by Crippen LogP contribution is -2.41. The zero-order valence-electron chi connectivity index (χ0n) is 9.42. The molecule has 0 aliphatic heterocycles. The molecule has 1 saturated carbocycles. The Morgan fingerprint density at radius 2 is 2.07 bits per heavy atom. The largest absolute Gasteiger partial charge is 0.312 e. The Hall–Kier alpha value is 0.660. The van der Waals surface area contributed by atoms with E-state index < -0.39 is 0 Å². The molecule has 0 amide bonds. The van der Waals surface area contributed by atoms with Crippen molar-refractivity contribution in [2.24, 2.45) is 0 Å². The summed E-state index contributed by atoms with van der Waals surface area (Å²) in [6, 6.07) is 0.788. The maximum absolute atomic E-state index is 3.72. The average Bonchev–Trinajstić information content (AvgIpc) is 2.25. The van der Waals surface area contributed by atoms with Crippen LogP contribution in [0, 0.1) is 0 Å². The highest BCUT2D eigenvalue weighted by atomic mass is 32.2. The van der Waals surface area contributed by atoms with Gasteiger partial charge in [-0.25, -0.2) is 0 Å². The Morgan fingerprint density at radius 3 is 2.79 bits per heavy atom. The summed E-state index contributed by atoms with van der Waals surface area (Å²) in [7, 11) is 0. The molecular weight excluding hydrogens is 210 g/mol. The zero-order chi connectivity index (χ0) is 10.2. The van der Waals surface area contributed by atoms with Gasteiger partial charge in [0, 0.05) is 23.6 Å². The summed E-state index contributed by atoms with van der Waals surface area (Å²) < 4.78 is 0. The highest BCUT2D eigenvalue weighted by Gasteiger charge is 2.23. The highest BCUT2D eigenvalue weighted by Crippen LogP contribution is 2.26. The van der Waals surface area contributed by atoms with E-state index in [0.717, 1.165) is 11.3 Å². The van der Waals surface area contributed by atoms with Gasteiger partial charge in [0.15, 0.2) is 0 Å². The Morgan fingerprint density at radius 1 is 1.29 bits per heavy atom. The van der Waals surface area contributed by atoms with Crippen molar-refractivity contribution >= 4 is 23.5 Å². The van der Waals surface area contributed by atoms with Crippen LogP contribution in [0.25, 0.3) is 0 Å². The van der Waals surface area contributed by atoms with Crippen LogP contribution in [-0.4, -0.2) is 35.6 Å². The highest BCUT2D eigenvalue weighted by molar-refractivity contribution is 7.99. The Labute approximate surface area is 97.2 Å². The van der Waals surface area contributed by atoms with E-state index in [0.29, 0.717) is 0 Å². The molecule has 0 spiro atoms. The van der Waals surface area contributed by atoms with Crippen molar-refractivity contribution in [3.8, 4) is 0 Å². The second-order valence-electron chi connectivity index (χ2n) is 3.82. The van der Waals surface area contributed by atoms with Gasteiger partial charge < -0.3 is 5.32 Å². The van der Waals surface area contributed by atoms with E-state index in [4.69, 9.17) is 0 Å². The lowest BCUT2D eigenvalue weighted by atomic mass is 9.95. The van der Waals surface area contributed by atoms with Gasteiger partial charge in [-0.2, -0.15) is 23.5 Å². The first-order chi connectivity index (χ1) is 6.88. The van der Waals surface area contributed by atoms with Crippen LogP contribution in [0.5, 0.6) is 0 Å². The molecule has 14 heavy (non-hydrogen) atoms. The summed E-state index contributed by atoms with van der Waals surface area (Å²) >= 11 is 4.08. The summed E-state index contributed by atoms with van der Waals surface area (Å²) in [5.41, 5.74) is 0. The molecule has 1 aliphatic rings. The van der Waals surface area contributed by atoms with Gasteiger partial charge in [0.2, 0.25) is 0 Å². The summed E-state index contributed by atoms with van der Waals surface area (Å²) in [5, 5.41) is 4.59. The monoisotopic (exact) mass is 233 g/mol. The van der Waals surface area contributed by atoms with Gasteiger partial charge in [0.1, 0.15) is 0 Å². The molecule has 0 heterocycles. The first-order valence-corrected chi connectivity index (χ1v) is 8.16. The van der Waals surface area contributed by atoms with Crippen LogP contribution in [0.2, 0.25) is 0 Å². The first kappa shape index (κ1) is 12.7. The maximum Gasteiger partial charge on any atom is 0.0198 e. The zero-order valence-corrected chi connectivity index (χ0v) is 11.1. The van der Waals surface area contributed by atoms with Crippen molar-refractivity contribution in [3.63, 3.8) is 0 Å². The lowest BCUT2D eigenvalue weighted by Gasteiger charge is -2.31. The van der Waals surface area contributed by atoms with Crippen molar-refractivity contribution in [3.05, 3.63) is 0 Å². The third kappa shape index (κ3) is 4.45. The van der Waals surface area contributed by atoms with E-state index in [2.05, 4.69) is 18.5 Å². The van der Waals surface area contributed by atoms with E-state index >= 15 is 0 Å². The molecule has 0 aromatic carbocycles. The van der Waals surface area contributed by atoms with Gasteiger partial charge in [-0.15, -0.1) is 0 Å². The van der Waals surface area contributed by atoms with Gasteiger partial charge in [-0.05, 0) is 24.9 Å². The predicted octanol–water partition coefficient (Wildman–Crippen LogP) is 3.00. The Kier molecular flexibility index (Phi) is 7.17. The molecule has 1 fully saturated rings. The quantitative estimate of drug-likeness (QED) is 0.708. The summed E-state index contributed by atoms with van der Waals surface area (Å²) in [4.78, 5) is 0. The van der Waals surface area contributed by atoms with Crippen LogP contribution in [0.15, 0.2) is 0 Å². The molecule has 1 aliphatic carbocycles. The van der Waals surface area contributed by atoms with Gasteiger partial charge in [-0.1, -0.05) is 19.8 Å². The standard InChI is InChI=1S/C11H23NS2/c1-3-14-9-8-12-10-6-4-5-7-11(10)13-2/h10-12H,3-9H2,1-2H3. The minimum absolute atomic E-state index is 0.788. The van der Waals surface area contributed by atoms with Crippen LogP contribution in [-0.2, 0) is 0 Å². The molecule has 2 atom stereocenters. The fourth-order valence-electron chi connectivity index (χ4n) is 2.07. The average molecular weight is 233 g/mol. The summed E-state index contributed by atoms with van der Waals surface area (Å²) in [6.45, 7) is 3.43. The van der Waals surface area contributed by atoms with Crippen molar-refractivity contribution in [1.82, 2.24) is 5.32 Å². The number of rotatable bonds is 6. The minimum Gasteiger partial charge on any atom is -0.312 e. The minimum atomic E-state index is 0.788. The van der Waals surface area contributed by atoms with Crippen molar-refractivity contribution in [2.75, 3.05) is 24.3 Å². The molecule has 2 unspecified atom stereocenters. The predicted molar refractivity (Wildman–Crippen MR) is 70.6 cm³/mol. The van der Waals surface area contributed by atoms with Crippen molar-refractivity contribution in [2.45, 2.75) is 43.9 Å². The molecule has 0 aromatic rings. The number of hydrogen-bond donors (Lipinski definition) is 1. The third-order valence-electron chi connectivity index (χ3n) is 2.86. The molecular formula is C11H23NS2. The molecule has 0 radical (unpaired) electrons. The second-order valence-corrected chi connectivity index (χ2v) is 6.29. The maximum atomic E-state index is 3.72. The Bertz CT molecular complexity index is 141. The van der Waals surface area contributed by atoms with Crippen LogP contribution >= 0.6 is 23.5 Å². The molecule has 1 nitrogen and oxygen atoms in total. The van der Waals surface area contributed by atoms with Crippen molar-refractivity contribution < 1.29 is 0 Å². The van der Waals surface area contributed by atoms with Gasteiger partial charge in [-0.3, -0.25) is 0 Å². The van der Waals surface area contributed by atoms with Crippen LogP contribution < -0.4 is 5.32 Å². The first-order valence-electron chi connectivity index (χ1n) is 5.72. The molecule has 3 heteroatoms. The van der Waals surface area contributed by atoms with Gasteiger partial charge >= 0.3 is 0 Å². The SMILES string of the molecule is CCSCCNC1CCCCC1SC. The van der Waals surface area contributed by atoms with E-state index in [1.807, 2.05) is 23.5 Å². The topological polar surface area (TPSA) is 12.0 Å². The smallest absolute Gasteiger partial charge is 0.0198 e. The fraction of sp³-hybridized carbons (Fsp3) is 1.00. The van der Waals surface area contributed by atoms with E-state index in [1.165, 1.54) is 43.7 Å². The number of hydrogen-bond acceptors (Lipinski definition) is 3. The molecule has 1 N–H and O–H groups in total.